The zero-order valence-electron chi connectivity index (χ0n) is 18.5. The first-order chi connectivity index (χ1) is 14.8. The zero-order chi connectivity index (χ0) is 22.2. The van der Waals surface area contributed by atoms with Gasteiger partial charge in [-0.2, -0.15) is 0 Å². The van der Waals surface area contributed by atoms with Crippen molar-refractivity contribution in [3.8, 4) is 0 Å². The van der Waals surface area contributed by atoms with E-state index in [-0.39, 0.29) is 30.2 Å². The predicted molar refractivity (Wildman–Crippen MR) is 119 cm³/mol. The van der Waals surface area contributed by atoms with Gasteiger partial charge in [0.1, 0.15) is 0 Å². The first-order valence-electron chi connectivity index (χ1n) is 11.4. The Morgan fingerprint density at radius 1 is 1.06 bits per heavy atom. The Hall–Kier alpha value is -1.93. The maximum atomic E-state index is 13.1. The molecule has 1 aromatic carbocycles. The van der Waals surface area contributed by atoms with Gasteiger partial charge in [-0.1, -0.05) is 31.9 Å². The normalized spacial score (nSPS) is 27.0. The molecule has 3 saturated heterocycles. The monoisotopic (exact) mass is 447 g/mol. The number of likely N-dealkylation sites (tertiary alicyclic amines) is 2. The van der Waals surface area contributed by atoms with Crippen LogP contribution < -0.4 is 0 Å². The molecular formula is C23H33N3O4S. The number of fused-ring (bicyclic) bond motifs is 1. The summed E-state index contributed by atoms with van der Waals surface area (Å²) in [5, 5.41) is 0. The highest BCUT2D eigenvalue weighted by atomic mass is 32.2. The van der Waals surface area contributed by atoms with Gasteiger partial charge in [0.25, 0.3) is 5.91 Å². The van der Waals surface area contributed by atoms with E-state index < -0.39 is 16.1 Å². The Morgan fingerprint density at radius 2 is 1.74 bits per heavy atom. The Kier molecular flexibility index (Phi) is 6.40. The van der Waals surface area contributed by atoms with Crippen LogP contribution in [-0.2, 0) is 21.4 Å². The molecule has 1 aromatic rings. The minimum absolute atomic E-state index is 0.0879. The van der Waals surface area contributed by atoms with Gasteiger partial charge in [0.05, 0.1) is 12.3 Å². The van der Waals surface area contributed by atoms with Gasteiger partial charge in [0.15, 0.2) is 0 Å². The Balaban J connectivity index is 1.45. The first kappa shape index (κ1) is 22.3. The van der Waals surface area contributed by atoms with Crippen LogP contribution in [0.4, 0.5) is 0 Å². The minimum atomic E-state index is -3.65. The minimum Gasteiger partial charge on any atom is -0.336 e. The number of benzene rings is 1. The van der Waals surface area contributed by atoms with Crippen LogP contribution in [0.3, 0.4) is 0 Å². The summed E-state index contributed by atoms with van der Waals surface area (Å²) in [7, 11) is -3.65. The third-order valence-corrected chi connectivity index (χ3v) is 8.15. The molecule has 31 heavy (non-hydrogen) atoms. The van der Waals surface area contributed by atoms with Gasteiger partial charge in [-0.05, 0) is 50.0 Å². The molecule has 0 N–H and O–H groups in total. The first-order valence-corrected chi connectivity index (χ1v) is 13.3. The Labute approximate surface area is 185 Å². The molecule has 7 nitrogen and oxygen atoms in total. The van der Waals surface area contributed by atoms with E-state index in [1.165, 1.54) is 24.8 Å². The fraction of sp³-hybridized carbons (Fsp3) is 0.652. The van der Waals surface area contributed by atoms with Gasteiger partial charge in [0.2, 0.25) is 15.9 Å². The molecule has 3 aliphatic rings. The van der Waals surface area contributed by atoms with Crippen molar-refractivity contribution in [3.05, 3.63) is 35.4 Å². The molecule has 0 radical (unpaired) electrons. The molecule has 0 unspecified atom stereocenters. The number of carbonyl (C=O) groups is 2. The fourth-order valence-corrected chi connectivity index (χ4v) is 6.68. The molecule has 3 heterocycles. The standard InChI is InChI=1S/C23H33N3O4S/c1-3-7-19-20-15-25(16-21(20)26(23(19)28)31(2,29)30)22(27)18-10-8-17(9-11-18)14-24-12-5-4-6-13-24/h8-11,19-21H,3-7,12-16H2,1-2H3/t19-,20-,21+/m1/s1. The number of nitrogens with zero attached hydrogens (tertiary/aromatic N) is 3. The molecule has 0 aliphatic carbocycles. The number of hydrogen-bond acceptors (Lipinski definition) is 5. The number of carbonyl (C=O) groups excluding carboxylic acids is 2. The molecule has 3 fully saturated rings. The number of sulfonamides is 1. The van der Waals surface area contributed by atoms with E-state index >= 15 is 0 Å². The van der Waals surface area contributed by atoms with Gasteiger partial charge >= 0.3 is 0 Å². The topological polar surface area (TPSA) is 78.0 Å². The van der Waals surface area contributed by atoms with Crippen molar-refractivity contribution in [3.63, 3.8) is 0 Å². The number of amides is 2. The van der Waals surface area contributed by atoms with Crippen LogP contribution in [0, 0.1) is 11.8 Å². The lowest BCUT2D eigenvalue weighted by molar-refractivity contribution is -0.128. The van der Waals surface area contributed by atoms with Crippen LogP contribution >= 0.6 is 0 Å². The van der Waals surface area contributed by atoms with Crippen molar-refractivity contribution in [1.82, 2.24) is 14.1 Å². The Morgan fingerprint density at radius 3 is 2.35 bits per heavy atom. The molecule has 0 saturated carbocycles. The molecule has 0 spiro atoms. The summed E-state index contributed by atoms with van der Waals surface area (Å²) in [6.45, 7) is 5.87. The summed E-state index contributed by atoms with van der Waals surface area (Å²) in [6, 6.07) is 7.34. The van der Waals surface area contributed by atoms with E-state index in [0.717, 1.165) is 36.6 Å². The summed E-state index contributed by atoms with van der Waals surface area (Å²) in [6.07, 6.45) is 6.35. The van der Waals surface area contributed by atoms with Crippen molar-refractivity contribution in [2.24, 2.45) is 11.8 Å². The largest absolute Gasteiger partial charge is 0.336 e. The smallest absolute Gasteiger partial charge is 0.253 e. The number of piperidine rings is 1. The van der Waals surface area contributed by atoms with Crippen molar-refractivity contribution in [1.29, 1.82) is 0 Å². The lowest BCUT2D eigenvalue weighted by atomic mass is 9.89. The summed E-state index contributed by atoms with van der Waals surface area (Å²) < 4.78 is 25.6. The quantitative estimate of drug-likeness (QED) is 0.669. The molecule has 8 heteroatoms. The maximum Gasteiger partial charge on any atom is 0.253 e. The maximum absolute atomic E-state index is 13.1. The van der Waals surface area contributed by atoms with Crippen molar-refractivity contribution in [2.45, 2.75) is 51.6 Å². The summed E-state index contributed by atoms with van der Waals surface area (Å²) in [5.74, 6) is -0.831. The SMILES string of the molecule is CCC[C@H]1C(=O)N(S(C)(=O)=O)[C@H]2CN(C(=O)c3ccc(CN4CCCCC4)cc3)C[C@H]12. The number of hydrogen-bond donors (Lipinski definition) is 0. The average Bonchev–Trinajstić information content (AvgIpc) is 3.26. The van der Waals surface area contributed by atoms with Crippen LogP contribution in [0.5, 0.6) is 0 Å². The van der Waals surface area contributed by atoms with Crippen LogP contribution in [0.2, 0.25) is 0 Å². The summed E-state index contributed by atoms with van der Waals surface area (Å²) >= 11 is 0. The van der Waals surface area contributed by atoms with E-state index in [4.69, 9.17) is 0 Å². The van der Waals surface area contributed by atoms with Crippen molar-refractivity contribution < 1.29 is 18.0 Å². The van der Waals surface area contributed by atoms with Crippen LogP contribution in [0.15, 0.2) is 24.3 Å². The van der Waals surface area contributed by atoms with Gasteiger partial charge in [-0.25, -0.2) is 12.7 Å². The van der Waals surface area contributed by atoms with Gasteiger partial charge in [-0.3, -0.25) is 14.5 Å². The summed E-state index contributed by atoms with van der Waals surface area (Å²) in [5.41, 5.74) is 1.82. The molecule has 0 aromatic heterocycles. The van der Waals surface area contributed by atoms with E-state index in [0.29, 0.717) is 18.5 Å². The molecule has 3 aliphatic heterocycles. The second-order valence-corrected chi connectivity index (χ2v) is 11.1. The molecular weight excluding hydrogens is 414 g/mol. The van der Waals surface area contributed by atoms with E-state index in [1.54, 1.807) is 4.90 Å². The Bertz CT molecular complexity index is 925. The van der Waals surface area contributed by atoms with Crippen molar-refractivity contribution in [2.75, 3.05) is 32.4 Å². The van der Waals surface area contributed by atoms with Crippen molar-refractivity contribution >= 4 is 21.8 Å². The van der Waals surface area contributed by atoms with E-state index in [9.17, 15) is 18.0 Å². The summed E-state index contributed by atoms with van der Waals surface area (Å²) in [4.78, 5) is 30.1. The van der Waals surface area contributed by atoms with E-state index in [2.05, 4.69) is 4.90 Å². The van der Waals surface area contributed by atoms with E-state index in [1.807, 2.05) is 31.2 Å². The third kappa shape index (κ3) is 4.51. The second kappa shape index (κ2) is 8.90. The van der Waals surface area contributed by atoms with Crippen LogP contribution in [0.25, 0.3) is 0 Å². The third-order valence-electron chi connectivity index (χ3n) is 6.99. The molecule has 0 bridgehead atoms. The highest BCUT2D eigenvalue weighted by Crippen LogP contribution is 2.40. The predicted octanol–water partition coefficient (Wildman–Crippen LogP) is 2.33. The zero-order valence-corrected chi connectivity index (χ0v) is 19.3. The van der Waals surface area contributed by atoms with Gasteiger partial charge in [0, 0.05) is 37.0 Å². The molecule has 3 atom stereocenters. The van der Waals surface area contributed by atoms with Crippen LogP contribution in [0.1, 0.15) is 54.9 Å². The molecule has 170 valence electrons. The van der Waals surface area contributed by atoms with Gasteiger partial charge in [-0.15, -0.1) is 0 Å². The molecule has 2 amide bonds. The lowest BCUT2D eigenvalue weighted by Gasteiger charge is -2.26. The fourth-order valence-electron chi connectivity index (χ4n) is 5.50. The highest BCUT2D eigenvalue weighted by Gasteiger charge is 2.55. The number of rotatable bonds is 6. The van der Waals surface area contributed by atoms with Crippen LogP contribution in [-0.4, -0.2) is 72.8 Å². The molecule has 4 rings (SSSR count). The average molecular weight is 448 g/mol. The van der Waals surface area contributed by atoms with Gasteiger partial charge < -0.3 is 4.90 Å². The lowest BCUT2D eigenvalue weighted by Crippen LogP contribution is -2.43. The second-order valence-electron chi connectivity index (χ2n) is 9.27. The highest BCUT2D eigenvalue weighted by molar-refractivity contribution is 7.88.